The van der Waals surface area contributed by atoms with Crippen molar-refractivity contribution in [1.29, 1.82) is 0 Å². The zero-order valence-electron chi connectivity index (χ0n) is 23.7. The molecule has 5 aromatic rings. The first kappa shape index (κ1) is 27.8. The van der Waals surface area contributed by atoms with Crippen molar-refractivity contribution >= 4 is 22.7 Å². The second kappa shape index (κ2) is 12.6. The number of hydrogen-bond acceptors (Lipinski definition) is 6. The van der Waals surface area contributed by atoms with Gasteiger partial charge in [0.15, 0.2) is 0 Å². The SMILES string of the molecule is CCC(c1nc2onc(C)c2c(=O)n1Cc1ccccc1)N(CCCNc1ccccc1)C(=O)c1ccc(C)cc1. The van der Waals surface area contributed by atoms with Gasteiger partial charge in [0.25, 0.3) is 17.2 Å². The molecule has 8 nitrogen and oxygen atoms in total. The number of aromatic nitrogens is 3. The lowest BCUT2D eigenvalue weighted by Crippen LogP contribution is -2.40. The Balaban J connectivity index is 1.54. The van der Waals surface area contributed by atoms with Gasteiger partial charge < -0.3 is 14.7 Å². The fourth-order valence-corrected chi connectivity index (χ4v) is 5.10. The van der Waals surface area contributed by atoms with E-state index >= 15 is 0 Å². The smallest absolute Gasteiger partial charge is 0.267 e. The zero-order chi connectivity index (χ0) is 28.8. The van der Waals surface area contributed by atoms with Crippen molar-refractivity contribution in [3.8, 4) is 0 Å². The Morgan fingerprint density at radius 3 is 2.34 bits per heavy atom. The van der Waals surface area contributed by atoms with Crippen molar-refractivity contribution in [2.24, 2.45) is 0 Å². The monoisotopic (exact) mass is 549 g/mol. The molecule has 1 amide bonds. The molecule has 1 N–H and O–H groups in total. The summed E-state index contributed by atoms with van der Waals surface area (Å²) in [5, 5.41) is 7.81. The van der Waals surface area contributed by atoms with Gasteiger partial charge in [0.2, 0.25) is 0 Å². The van der Waals surface area contributed by atoms with Crippen LogP contribution in [-0.4, -0.2) is 38.6 Å². The third-order valence-electron chi connectivity index (χ3n) is 7.28. The molecule has 210 valence electrons. The number of anilines is 1. The Morgan fingerprint density at radius 2 is 1.66 bits per heavy atom. The van der Waals surface area contributed by atoms with Crippen LogP contribution in [-0.2, 0) is 6.54 Å². The summed E-state index contributed by atoms with van der Waals surface area (Å²) in [6.07, 6.45) is 1.26. The molecule has 0 bridgehead atoms. The van der Waals surface area contributed by atoms with Crippen molar-refractivity contribution in [2.45, 2.75) is 46.2 Å². The van der Waals surface area contributed by atoms with Gasteiger partial charge in [0.05, 0.1) is 18.3 Å². The van der Waals surface area contributed by atoms with Gasteiger partial charge in [-0.3, -0.25) is 14.2 Å². The molecular formula is C33H35N5O3. The minimum Gasteiger partial charge on any atom is -0.385 e. The van der Waals surface area contributed by atoms with Gasteiger partial charge in [-0.1, -0.05) is 78.3 Å². The molecule has 0 aliphatic carbocycles. The summed E-state index contributed by atoms with van der Waals surface area (Å²) >= 11 is 0. The van der Waals surface area contributed by atoms with Gasteiger partial charge in [-0.05, 0) is 56.5 Å². The van der Waals surface area contributed by atoms with Crippen LogP contribution in [0.5, 0.6) is 0 Å². The number of para-hydroxylation sites is 1. The summed E-state index contributed by atoms with van der Waals surface area (Å²) in [5.41, 5.74) is 4.14. The number of nitrogens with one attached hydrogen (secondary N) is 1. The van der Waals surface area contributed by atoms with E-state index < -0.39 is 6.04 Å². The molecular weight excluding hydrogens is 514 g/mol. The Kier molecular flexibility index (Phi) is 8.58. The largest absolute Gasteiger partial charge is 0.385 e. The lowest BCUT2D eigenvalue weighted by molar-refractivity contribution is 0.0656. The van der Waals surface area contributed by atoms with Crippen LogP contribution in [0.25, 0.3) is 11.1 Å². The normalized spacial score (nSPS) is 11.9. The van der Waals surface area contributed by atoms with E-state index in [9.17, 15) is 9.59 Å². The van der Waals surface area contributed by atoms with Crippen LogP contribution in [0, 0.1) is 13.8 Å². The quantitative estimate of drug-likeness (QED) is 0.199. The Hall–Kier alpha value is -4.72. The van der Waals surface area contributed by atoms with E-state index in [-0.39, 0.29) is 17.2 Å². The van der Waals surface area contributed by atoms with E-state index in [4.69, 9.17) is 9.51 Å². The highest BCUT2D eigenvalue weighted by molar-refractivity contribution is 5.94. The van der Waals surface area contributed by atoms with Crippen LogP contribution in [0.2, 0.25) is 0 Å². The van der Waals surface area contributed by atoms with Crippen molar-refractivity contribution in [3.63, 3.8) is 0 Å². The average molecular weight is 550 g/mol. The van der Waals surface area contributed by atoms with Crippen LogP contribution >= 0.6 is 0 Å². The molecule has 0 aliphatic rings. The molecule has 0 fully saturated rings. The Labute approximate surface area is 239 Å². The first-order chi connectivity index (χ1) is 20.0. The summed E-state index contributed by atoms with van der Waals surface area (Å²) in [7, 11) is 0. The van der Waals surface area contributed by atoms with Gasteiger partial charge in [-0.2, -0.15) is 4.98 Å². The maximum absolute atomic E-state index is 14.1. The predicted molar refractivity (Wildman–Crippen MR) is 161 cm³/mol. The molecule has 41 heavy (non-hydrogen) atoms. The van der Waals surface area contributed by atoms with E-state index in [1.807, 2.05) is 104 Å². The summed E-state index contributed by atoms with van der Waals surface area (Å²) < 4.78 is 7.14. The maximum atomic E-state index is 14.1. The van der Waals surface area contributed by atoms with Gasteiger partial charge in [0, 0.05) is 24.3 Å². The lowest BCUT2D eigenvalue weighted by Gasteiger charge is -2.32. The standard InChI is InChI=1S/C33H35N5O3/c1-4-28(30-35-31-29(24(3)36-41-31)33(40)38(30)22-25-12-7-5-8-13-25)37(32(39)26-18-16-23(2)17-19-26)21-11-20-34-27-14-9-6-10-15-27/h5-10,12-19,28,34H,4,11,20-22H2,1-3H3. The molecule has 5 rings (SSSR count). The van der Waals surface area contributed by atoms with Gasteiger partial charge in [0.1, 0.15) is 11.2 Å². The number of carbonyl (C=O) groups is 1. The number of carbonyl (C=O) groups excluding carboxylic acids is 1. The van der Waals surface area contributed by atoms with Crippen LogP contribution < -0.4 is 10.9 Å². The number of amides is 1. The molecule has 0 saturated heterocycles. The third kappa shape index (κ3) is 6.22. The molecule has 0 aliphatic heterocycles. The van der Waals surface area contributed by atoms with Crippen molar-refractivity contribution in [2.75, 3.05) is 18.4 Å². The summed E-state index contributed by atoms with van der Waals surface area (Å²) in [6.45, 7) is 7.23. The second-order valence-corrected chi connectivity index (χ2v) is 10.2. The number of aryl methyl sites for hydroxylation is 2. The fourth-order valence-electron chi connectivity index (χ4n) is 5.10. The molecule has 1 unspecified atom stereocenters. The van der Waals surface area contributed by atoms with Gasteiger partial charge in [-0.25, -0.2) is 0 Å². The van der Waals surface area contributed by atoms with E-state index in [0.29, 0.717) is 54.9 Å². The molecule has 0 saturated carbocycles. The summed E-state index contributed by atoms with van der Waals surface area (Å²) in [6, 6.07) is 26.9. The van der Waals surface area contributed by atoms with E-state index in [1.165, 1.54) is 0 Å². The minimum atomic E-state index is -0.466. The Morgan fingerprint density at radius 1 is 0.976 bits per heavy atom. The highest BCUT2D eigenvalue weighted by Crippen LogP contribution is 2.27. The average Bonchev–Trinajstić information content (AvgIpc) is 3.37. The number of hydrogen-bond donors (Lipinski definition) is 1. The van der Waals surface area contributed by atoms with Gasteiger partial charge >= 0.3 is 0 Å². The molecule has 2 aromatic heterocycles. The lowest BCUT2D eigenvalue weighted by atomic mass is 10.1. The highest BCUT2D eigenvalue weighted by Gasteiger charge is 2.30. The van der Waals surface area contributed by atoms with Crippen LogP contribution in [0.4, 0.5) is 5.69 Å². The summed E-state index contributed by atoms with van der Waals surface area (Å²) in [4.78, 5) is 34.6. The van der Waals surface area contributed by atoms with Crippen molar-refractivity contribution < 1.29 is 9.32 Å². The van der Waals surface area contributed by atoms with E-state index in [2.05, 4.69) is 10.5 Å². The fraction of sp³-hybridized carbons (Fsp3) is 0.273. The molecule has 3 aromatic carbocycles. The number of nitrogens with zero attached hydrogens (tertiary/aromatic N) is 4. The molecule has 8 heteroatoms. The molecule has 0 radical (unpaired) electrons. The second-order valence-electron chi connectivity index (χ2n) is 10.2. The number of benzene rings is 3. The number of fused-ring (bicyclic) bond motifs is 1. The number of rotatable bonds is 11. The van der Waals surface area contributed by atoms with Crippen LogP contribution in [0.1, 0.15) is 58.8 Å². The summed E-state index contributed by atoms with van der Waals surface area (Å²) in [5.74, 6) is 0.382. The zero-order valence-corrected chi connectivity index (χ0v) is 23.7. The predicted octanol–water partition coefficient (Wildman–Crippen LogP) is 6.15. The molecule has 2 heterocycles. The molecule has 0 spiro atoms. The topological polar surface area (TPSA) is 93.3 Å². The van der Waals surface area contributed by atoms with Gasteiger partial charge in [-0.15, -0.1) is 0 Å². The third-order valence-corrected chi connectivity index (χ3v) is 7.28. The first-order valence-corrected chi connectivity index (χ1v) is 14.0. The van der Waals surface area contributed by atoms with E-state index in [1.54, 1.807) is 11.5 Å². The maximum Gasteiger partial charge on any atom is 0.267 e. The van der Waals surface area contributed by atoms with E-state index in [0.717, 1.165) is 16.8 Å². The minimum absolute atomic E-state index is 0.106. The highest BCUT2D eigenvalue weighted by atomic mass is 16.5. The van der Waals surface area contributed by atoms with Crippen molar-refractivity contribution in [3.05, 3.63) is 123 Å². The first-order valence-electron chi connectivity index (χ1n) is 14.0. The molecule has 1 atom stereocenters. The van der Waals surface area contributed by atoms with Crippen LogP contribution in [0.3, 0.4) is 0 Å². The van der Waals surface area contributed by atoms with Crippen molar-refractivity contribution in [1.82, 2.24) is 19.6 Å². The Bertz CT molecular complexity index is 1660. The van der Waals surface area contributed by atoms with Crippen LogP contribution in [0.15, 0.2) is 94.2 Å².